The zero-order chi connectivity index (χ0) is 14.1. The Morgan fingerprint density at radius 2 is 2.00 bits per heavy atom. The zero-order valence-electron chi connectivity index (χ0n) is 12.3. The quantitative estimate of drug-likeness (QED) is 0.717. The fourth-order valence-corrected chi connectivity index (χ4v) is 2.73. The summed E-state index contributed by atoms with van der Waals surface area (Å²) in [5, 5.41) is 3.64. The molecule has 1 aromatic carbocycles. The van der Waals surface area contributed by atoms with Crippen LogP contribution in [-0.4, -0.2) is 19.7 Å². The third-order valence-electron chi connectivity index (χ3n) is 3.32. The van der Waals surface area contributed by atoms with Gasteiger partial charge in [0.15, 0.2) is 0 Å². The van der Waals surface area contributed by atoms with Crippen molar-refractivity contribution in [1.82, 2.24) is 5.32 Å². The monoisotopic (exact) mass is 327 g/mol. The Morgan fingerprint density at radius 1 is 1.21 bits per heavy atom. The van der Waals surface area contributed by atoms with Crippen LogP contribution in [0.25, 0.3) is 0 Å². The SMILES string of the molecule is CCCNC(CCC)CCc1cc(Br)ccc1OC. The average Bonchev–Trinajstić information content (AvgIpc) is 2.42. The first-order valence-electron chi connectivity index (χ1n) is 7.27. The van der Waals surface area contributed by atoms with Crippen LogP contribution in [0.1, 0.15) is 45.1 Å². The summed E-state index contributed by atoms with van der Waals surface area (Å²) < 4.78 is 6.55. The fraction of sp³-hybridized carbons (Fsp3) is 0.625. The van der Waals surface area contributed by atoms with Gasteiger partial charge in [-0.3, -0.25) is 0 Å². The molecular weight excluding hydrogens is 302 g/mol. The molecule has 3 heteroatoms. The van der Waals surface area contributed by atoms with Crippen molar-refractivity contribution in [2.24, 2.45) is 0 Å². The molecule has 0 heterocycles. The standard InChI is InChI=1S/C16H26BrNO/c1-4-6-15(18-11-5-2)9-7-13-12-14(17)8-10-16(13)19-3/h8,10,12,15,18H,4-7,9,11H2,1-3H3. The molecule has 0 amide bonds. The molecule has 0 saturated heterocycles. The van der Waals surface area contributed by atoms with E-state index in [1.54, 1.807) is 7.11 Å². The Morgan fingerprint density at radius 3 is 2.63 bits per heavy atom. The molecule has 0 radical (unpaired) electrons. The first kappa shape index (κ1) is 16.5. The van der Waals surface area contributed by atoms with Crippen molar-refractivity contribution in [3.8, 4) is 5.75 Å². The Hall–Kier alpha value is -0.540. The highest BCUT2D eigenvalue weighted by molar-refractivity contribution is 9.10. The Bertz CT molecular complexity index is 368. The largest absolute Gasteiger partial charge is 0.496 e. The number of aryl methyl sites for hydroxylation is 1. The number of hydrogen-bond donors (Lipinski definition) is 1. The molecule has 1 aromatic rings. The van der Waals surface area contributed by atoms with Crippen molar-refractivity contribution in [3.63, 3.8) is 0 Å². The lowest BCUT2D eigenvalue weighted by atomic mass is 10.0. The van der Waals surface area contributed by atoms with Crippen LogP contribution in [0.5, 0.6) is 5.75 Å². The molecule has 1 N–H and O–H groups in total. The molecular formula is C16H26BrNO. The van der Waals surface area contributed by atoms with Gasteiger partial charge in [0.1, 0.15) is 5.75 Å². The molecule has 1 rings (SSSR count). The third-order valence-corrected chi connectivity index (χ3v) is 3.82. The van der Waals surface area contributed by atoms with Gasteiger partial charge in [0.25, 0.3) is 0 Å². The van der Waals surface area contributed by atoms with E-state index in [0.717, 1.165) is 23.2 Å². The van der Waals surface area contributed by atoms with Gasteiger partial charge >= 0.3 is 0 Å². The highest BCUT2D eigenvalue weighted by Gasteiger charge is 2.09. The van der Waals surface area contributed by atoms with E-state index in [4.69, 9.17) is 4.74 Å². The predicted molar refractivity (Wildman–Crippen MR) is 86.0 cm³/mol. The molecule has 2 nitrogen and oxygen atoms in total. The molecule has 0 spiro atoms. The molecule has 0 saturated carbocycles. The molecule has 19 heavy (non-hydrogen) atoms. The van der Waals surface area contributed by atoms with Crippen LogP contribution in [-0.2, 0) is 6.42 Å². The molecule has 0 bridgehead atoms. The Kier molecular flexibility index (Phi) is 8.15. The van der Waals surface area contributed by atoms with Gasteiger partial charge in [0.05, 0.1) is 7.11 Å². The minimum absolute atomic E-state index is 0.619. The number of rotatable bonds is 9. The lowest BCUT2D eigenvalue weighted by molar-refractivity contribution is 0.403. The topological polar surface area (TPSA) is 21.3 Å². The molecule has 108 valence electrons. The number of ether oxygens (including phenoxy) is 1. The van der Waals surface area contributed by atoms with Crippen LogP contribution < -0.4 is 10.1 Å². The van der Waals surface area contributed by atoms with Gasteiger partial charge in [-0.15, -0.1) is 0 Å². The summed E-state index contributed by atoms with van der Waals surface area (Å²) >= 11 is 3.53. The molecule has 0 aliphatic carbocycles. The van der Waals surface area contributed by atoms with E-state index >= 15 is 0 Å². The summed E-state index contributed by atoms with van der Waals surface area (Å²) in [4.78, 5) is 0. The second-order valence-electron chi connectivity index (χ2n) is 4.93. The van der Waals surface area contributed by atoms with Crippen molar-refractivity contribution in [1.29, 1.82) is 0 Å². The van der Waals surface area contributed by atoms with Crippen LogP contribution in [0.2, 0.25) is 0 Å². The first-order valence-corrected chi connectivity index (χ1v) is 8.06. The average molecular weight is 328 g/mol. The van der Waals surface area contributed by atoms with Gasteiger partial charge in [0, 0.05) is 10.5 Å². The van der Waals surface area contributed by atoms with Crippen molar-refractivity contribution in [2.45, 2.75) is 52.0 Å². The summed E-state index contributed by atoms with van der Waals surface area (Å²) in [7, 11) is 1.74. The maximum Gasteiger partial charge on any atom is 0.122 e. The van der Waals surface area contributed by atoms with Crippen molar-refractivity contribution < 1.29 is 4.74 Å². The summed E-state index contributed by atoms with van der Waals surface area (Å²) in [5.41, 5.74) is 1.29. The van der Waals surface area contributed by atoms with Crippen LogP contribution in [0, 0.1) is 0 Å². The molecule has 1 atom stereocenters. The van der Waals surface area contributed by atoms with Gasteiger partial charge in [-0.1, -0.05) is 36.2 Å². The van der Waals surface area contributed by atoms with E-state index in [-0.39, 0.29) is 0 Å². The summed E-state index contributed by atoms with van der Waals surface area (Å²) in [6.07, 6.45) is 5.90. The molecule has 1 unspecified atom stereocenters. The number of halogens is 1. The van der Waals surface area contributed by atoms with E-state index in [0.29, 0.717) is 6.04 Å². The van der Waals surface area contributed by atoms with Crippen LogP contribution in [0.15, 0.2) is 22.7 Å². The normalized spacial score (nSPS) is 12.4. The van der Waals surface area contributed by atoms with E-state index < -0.39 is 0 Å². The van der Waals surface area contributed by atoms with E-state index in [1.165, 1.54) is 31.2 Å². The van der Waals surface area contributed by atoms with Crippen molar-refractivity contribution >= 4 is 15.9 Å². The minimum Gasteiger partial charge on any atom is -0.496 e. The van der Waals surface area contributed by atoms with Crippen LogP contribution in [0.3, 0.4) is 0 Å². The number of benzene rings is 1. The molecule has 0 aromatic heterocycles. The zero-order valence-corrected chi connectivity index (χ0v) is 13.9. The maximum atomic E-state index is 5.43. The fourth-order valence-electron chi connectivity index (χ4n) is 2.32. The van der Waals surface area contributed by atoms with E-state index in [9.17, 15) is 0 Å². The molecule has 0 fully saturated rings. The lowest BCUT2D eigenvalue weighted by Gasteiger charge is -2.18. The highest BCUT2D eigenvalue weighted by atomic mass is 79.9. The van der Waals surface area contributed by atoms with E-state index in [2.05, 4.69) is 41.2 Å². The van der Waals surface area contributed by atoms with Gasteiger partial charge in [-0.05, 0) is 56.0 Å². The summed E-state index contributed by atoms with van der Waals surface area (Å²) in [5.74, 6) is 0.994. The molecule has 0 aliphatic rings. The van der Waals surface area contributed by atoms with Crippen molar-refractivity contribution in [2.75, 3.05) is 13.7 Å². The predicted octanol–water partition coefficient (Wildman–Crippen LogP) is 4.56. The van der Waals surface area contributed by atoms with Gasteiger partial charge in [-0.25, -0.2) is 0 Å². The van der Waals surface area contributed by atoms with Crippen molar-refractivity contribution in [3.05, 3.63) is 28.2 Å². The summed E-state index contributed by atoms with van der Waals surface area (Å²) in [6, 6.07) is 6.85. The smallest absolute Gasteiger partial charge is 0.122 e. The molecule has 0 aliphatic heterocycles. The van der Waals surface area contributed by atoms with Crippen LogP contribution >= 0.6 is 15.9 Å². The number of nitrogens with one attached hydrogen (secondary N) is 1. The van der Waals surface area contributed by atoms with E-state index in [1.807, 2.05) is 12.1 Å². The maximum absolute atomic E-state index is 5.43. The second kappa shape index (κ2) is 9.38. The Balaban J connectivity index is 2.59. The van der Waals surface area contributed by atoms with Gasteiger partial charge in [-0.2, -0.15) is 0 Å². The second-order valence-corrected chi connectivity index (χ2v) is 5.85. The van der Waals surface area contributed by atoms with Gasteiger partial charge in [0.2, 0.25) is 0 Å². The lowest BCUT2D eigenvalue weighted by Crippen LogP contribution is -2.30. The number of hydrogen-bond acceptors (Lipinski definition) is 2. The van der Waals surface area contributed by atoms with Gasteiger partial charge < -0.3 is 10.1 Å². The third kappa shape index (κ3) is 5.96. The number of methoxy groups -OCH3 is 1. The van der Waals surface area contributed by atoms with Crippen LogP contribution in [0.4, 0.5) is 0 Å². The first-order chi connectivity index (χ1) is 9.21. The minimum atomic E-state index is 0.619. The Labute approximate surface area is 126 Å². The summed E-state index contributed by atoms with van der Waals surface area (Å²) in [6.45, 7) is 5.58. The highest BCUT2D eigenvalue weighted by Crippen LogP contribution is 2.24.